The minimum atomic E-state index is -0.888. The molecule has 2 rings (SSSR count). The molecule has 0 bridgehead atoms. The number of nitrogens with two attached hydrogens (primary N) is 1. The molecule has 0 fully saturated rings. The standard InChI is InChI=1S/C17H17N5O2/c1-22(14-8-7-12(9-18)10-20-14)11-15(23)21-16(17(19)24)13-5-3-2-4-6-13/h2-8,10,16H,11H2,1H3,(H2,19,24)(H,21,23)/t16-/m0/s1. The van der Waals surface area contributed by atoms with Crippen molar-refractivity contribution < 1.29 is 9.59 Å². The maximum absolute atomic E-state index is 12.2. The summed E-state index contributed by atoms with van der Waals surface area (Å²) < 4.78 is 0. The van der Waals surface area contributed by atoms with Crippen LogP contribution in [0.15, 0.2) is 48.7 Å². The number of pyridine rings is 1. The largest absolute Gasteiger partial charge is 0.368 e. The van der Waals surface area contributed by atoms with Gasteiger partial charge >= 0.3 is 0 Å². The quantitative estimate of drug-likeness (QED) is 0.814. The molecule has 0 saturated carbocycles. The van der Waals surface area contributed by atoms with Gasteiger partial charge in [-0.05, 0) is 17.7 Å². The van der Waals surface area contributed by atoms with Crippen LogP contribution in [-0.4, -0.2) is 30.4 Å². The second kappa shape index (κ2) is 7.74. The smallest absolute Gasteiger partial charge is 0.244 e. The van der Waals surface area contributed by atoms with Crippen molar-refractivity contribution in [3.05, 3.63) is 59.8 Å². The van der Waals surface area contributed by atoms with Crippen molar-refractivity contribution in [2.24, 2.45) is 5.73 Å². The molecule has 2 amide bonds. The predicted octanol–water partition coefficient (Wildman–Crippen LogP) is 0.732. The van der Waals surface area contributed by atoms with Crippen LogP contribution in [0.5, 0.6) is 0 Å². The Morgan fingerprint density at radius 1 is 1.29 bits per heavy atom. The van der Waals surface area contributed by atoms with E-state index in [9.17, 15) is 9.59 Å². The van der Waals surface area contributed by atoms with E-state index in [1.54, 1.807) is 48.3 Å². The van der Waals surface area contributed by atoms with E-state index in [4.69, 9.17) is 11.0 Å². The lowest BCUT2D eigenvalue weighted by Crippen LogP contribution is -2.42. The number of hydrogen-bond donors (Lipinski definition) is 2. The molecule has 24 heavy (non-hydrogen) atoms. The number of likely N-dealkylation sites (N-methyl/N-ethyl adjacent to an activating group) is 1. The first-order valence-electron chi connectivity index (χ1n) is 7.22. The van der Waals surface area contributed by atoms with Crippen molar-refractivity contribution in [1.82, 2.24) is 10.3 Å². The third kappa shape index (κ3) is 4.30. The molecule has 0 unspecified atom stereocenters. The van der Waals surface area contributed by atoms with Crippen molar-refractivity contribution in [3.63, 3.8) is 0 Å². The van der Waals surface area contributed by atoms with Crippen molar-refractivity contribution in [1.29, 1.82) is 5.26 Å². The molecule has 7 nitrogen and oxygen atoms in total. The van der Waals surface area contributed by atoms with Crippen molar-refractivity contribution in [2.75, 3.05) is 18.5 Å². The zero-order chi connectivity index (χ0) is 17.5. The number of nitrogens with one attached hydrogen (secondary N) is 1. The van der Waals surface area contributed by atoms with Gasteiger partial charge in [-0.2, -0.15) is 5.26 Å². The lowest BCUT2D eigenvalue weighted by Gasteiger charge is -2.20. The summed E-state index contributed by atoms with van der Waals surface area (Å²) in [5.41, 5.74) is 6.44. The highest BCUT2D eigenvalue weighted by molar-refractivity contribution is 5.89. The van der Waals surface area contributed by atoms with Gasteiger partial charge in [-0.15, -0.1) is 0 Å². The number of amides is 2. The van der Waals surface area contributed by atoms with Crippen LogP contribution >= 0.6 is 0 Å². The van der Waals surface area contributed by atoms with Gasteiger partial charge in [-0.3, -0.25) is 9.59 Å². The van der Waals surface area contributed by atoms with Crippen molar-refractivity contribution in [2.45, 2.75) is 6.04 Å². The summed E-state index contributed by atoms with van der Waals surface area (Å²) in [5, 5.41) is 11.4. The first-order chi connectivity index (χ1) is 11.5. The van der Waals surface area contributed by atoms with Gasteiger partial charge in [-0.25, -0.2) is 4.98 Å². The van der Waals surface area contributed by atoms with Gasteiger partial charge in [0, 0.05) is 13.2 Å². The summed E-state index contributed by atoms with van der Waals surface area (Å²) in [7, 11) is 1.69. The number of nitriles is 1. The second-order valence-corrected chi connectivity index (χ2v) is 5.19. The Hall–Kier alpha value is -3.40. The number of rotatable bonds is 6. The Morgan fingerprint density at radius 2 is 2.00 bits per heavy atom. The number of carbonyl (C=O) groups excluding carboxylic acids is 2. The minimum Gasteiger partial charge on any atom is -0.368 e. The molecular formula is C17H17N5O2. The maximum atomic E-state index is 12.2. The minimum absolute atomic E-state index is 0.00445. The monoisotopic (exact) mass is 323 g/mol. The second-order valence-electron chi connectivity index (χ2n) is 5.19. The topological polar surface area (TPSA) is 112 Å². The van der Waals surface area contributed by atoms with E-state index in [2.05, 4.69) is 10.3 Å². The third-order valence-corrected chi connectivity index (χ3v) is 3.37. The Morgan fingerprint density at radius 3 is 2.54 bits per heavy atom. The zero-order valence-corrected chi connectivity index (χ0v) is 13.1. The van der Waals surface area contributed by atoms with Crippen LogP contribution in [0.1, 0.15) is 17.2 Å². The molecule has 0 aliphatic heterocycles. The van der Waals surface area contributed by atoms with Crippen LogP contribution in [0.25, 0.3) is 0 Å². The number of benzene rings is 1. The average molecular weight is 323 g/mol. The molecule has 1 aromatic carbocycles. The van der Waals surface area contributed by atoms with Gasteiger partial charge < -0.3 is 16.0 Å². The molecule has 1 aromatic heterocycles. The highest BCUT2D eigenvalue weighted by atomic mass is 16.2. The number of primary amides is 1. The van der Waals surface area contributed by atoms with Crippen LogP contribution in [0, 0.1) is 11.3 Å². The van der Waals surface area contributed by atoms with Gasteiger partial charge in [0.2, 0.25) is 11.8 Å². The summed E-state index contributed by atoms with van der Waals surface area (Å²) in [6.07, 6.45) is 1.43. The fourth-order valence-corrected chi connectivity index (χ4v) is 2.15. The van der Waals surface area contributed by atoms with Gasteiger partial charge in [0.15, 0.2) is 0 Å². The summed E-state index contributed by atoms with van der Waals surface area (Å²) in [5.74, 6) is -0.454. The lowest BCUT2D eigenvalue weighted by molar-refractivity contribution is -0.126. The van der Waals surface area contributed by atoms with E-state index in [0.717, 1.165) is 0 Å². The molecule has 0 radical (unpaired) electrons. The van der Waals surface area contributed by atoms with E-state index in [0.29, 0.717) is 16.9 Å². The van der Waals surface area contributed by atoms with Gasteiger partial charge in [0.05, 0.1) is 12.1 Å². The number of nitrogens with zero attached hydrogens (tertiary/aromatic N) is 3. The Kier molecular flexibility index (Phi) is 5.47. The predicted molar refractivity (Wildman–Crippen MR) is 88.7 cm³/mol. The Bertz CT molecular complexity index is 753. The van der Waals surface area contributed by atoms with Crippen LogP contribution in [0.3, 0.4) is 0 Å². The molecule has 0 aliphatic carbocycles. The molecule has 7 heteroatoms. The summed E-state index contributed by atoms with van der Waals surface area (Å²) in [4.78, 5) is 29.5. The fourth-order valence-electron chi connectivity index (χ4n) is 2.15. The van der Waals surface area contributed by atoms with Crippen LogP contribution in [0.2, 0.25) is 0 Å². The Balaban J connectivity index is 2.02. The Labute approximate surface area is 139 Å². The van der Waals surface area contributed by atoms with Gasteiger partial charge in [0.25, 0.3) is 0 Å². The first kappa shape index (κ1) is 17.0. The highest BCUT2D eigenvalue weighted by Crippen LogP contribution is 2.13. The van der Waals surface area contributed by atoms with Crippen LogP contribution in [0.4, 0.5) is 5.82 Å². The number of carbonyl (C=O) groups is 2. The molecule has 0 aliphatic rings. The maximum Gasteiger partial charge on any atom is 0.244 e. The molecule has 1 atom stereocenters. The van der Waals surface area contributed by atoms with Crippen LogP contribution in [-0.2, 0) is 9.59 Å². The van der Waals surface area contributed by atoms with Crippen molar-refractivity contribution in [3.8, 4) is 6.07 Å². The average Bonchev–Trinajstić information content (AvgIpc) is 2.60. The van der Waals surface area contributed by atoms with E-state index in [-0.39, 0.29) is 12.5 Å². The summed E-state index contributed by atoms with van der Waals surface area (Å²) in [6.45, 7) is -0.00445. The normalized spacial score (nSPS) is 11.2. The van der Waals surface area contributed by atoms with E-state index < -0.39 is 11.9 Å². The zero-order valence-electron chi connectivity index (χ0n) is 13.1. The number of hydrogen-bond acceptors (Lipinski definition) is 5. The molecule has 122 valence electrons. The van der Waals surface area contributed by atoms with Crippen molar-refractivity contribution >= 4 is 17.6 Å². The molecule has 0 spiro atoms. The third-order valence-electron chi connectivity index (χ3n) is 3.37. The molecule has 3 N–H and O–H groups in total. The van der Waals surface area contributed by atoms with E-state index in [1.165, 1.54) is 6.20 Å². The number of aromatic nitrogens is 1. The van der Waals surface area contributed by atoms with E-state index in [1.807, 2.05) is 12.1 Å². The molecule has 1 heterocycles. The summed E-state index contributed by atoms with van der Waals surface area (Å²) in [6, 6.07) is 13.2. The lowest BCUT2D eigenvalue weighted by atomic mass is 10.1. The number of anilines is 1. The van der Waals surface area contributed by atoms with Crippen LogP contribution < -0.4 is 16.0 Å². The molecule has 0 saturated heterocycles. The van der Waals surface area contributed by atoms with Gasteiger partial charge in [0.1, 0.15) is 17.9 Å². The van der Waals surface area contributed by atoms with Gasteiger partial charge in [-0.1, -0.05) is 30.3 Å². The molecule has 2 aromatic rings. The first-order valence-corrected chi connectivity index (χ1v) is 7.22. The van der Waals surface area contributed by atoms with E-state index >= 15 is 0 Å². The fraction of sp³-hybridized carbons (Fsp3) is 0.176. The summed E-state index contributed by atoms with van der Waals surface area (Å²) >= 11 is 0. The highest BCUT2D eigenvalue weighted by Gasteiger charge is 2.20. The SMILES string of the molecule is CN(CC(=O)N[C@H](C(N)=O)c1ccccc1)c1ccc(C#N)cn1. The molecular weight excluding hydrogens is 306 g/mol.